The van der Waals surface area contributed by atoms with Gasteiger partial charge in [0.15, 0.2) is 11.6 Å². The third-order valence-electron chi connectivity index (χ3n) is 3.68. The Bertz CT molecular complexity index is 482. The first-order chi connectivity index (χ1) is 9.65. The fraction of sp³-hybridized carbons (Fsp3) is 0.467. The van der Waals surface area contributed by atoms with Gasteiger partial charge in [0.05, 0.1) is 0 Å². The minimum absolute atomic E-state index is 0. The maximum atomic E-state index is 13.6. The Kier molecular flexibility index (Phi) is 10.0. The maximum absolute atomic E-state index is 13.6. The Morgan fingerprint density at radius 3 is 2.59 bits per heavy atom. The summed E-state index contributed by atoms with van der Waals surface area (Å²) >= 11 is 6.20. The second-order valence-corrected chi connectivity index (χ2v) is 5.37. The van der Waals surface area contributed by atoms with Crippen LogP contribution in [0.15, 0.2) is 24.8 Å². The lowest BCUT2D eigenvalue weighted by atomic mass is 9.98. The molecule has 0 saturated carbocycles. The molecule has 3 nitrogen and oxygen atoms in total. The molecule has 7 heteroatoms. The molecule has 1 aromatic carbocycles. The Hall–Kier alpha value is -0.520. The minimum atomic E-state index is -0.622. The monoisotopic (exact) mass is 370 g/mol. The number of aromatic hydroxyl groups is 1. The SMILES string of the molecule is C=CCC[C@@H](c1c(Cl)ccc(F)c1O)N1CCNCC1.Cl.Cl. The predicted octanol–water partition coefficient (Wildman–Crippen LogP) is 3.94. The Morgan fingerprint density at radius 2 is 2.00 bits per heavy atom. The summed E-state index contributed by atoms with van der Waals surface area (Å²) in [5.41, 5.74) is 0.496. The van der Waals surface area contributed by atoms with Crippen LogP contribution in [-0.4, -0.2) is 36.2 Å². The van der Waals surface area contributed by atoms with Crippen LogP contribution in [0, 0.1) is 5.82 Å². The number of hydrogen-bond acceptors (Lipinski definition) is 3. The van der Waals surface area contributed by atoms with Crippen molar-refractivity contribution >= 4 is 36.4 Å². The molecule has 0 amide bonds. The zero-order chi connectivity index (χ0) is 14.5. The number of phenolic OH excluding ortho intramolecular Hbond substituents is 1. The molecule has 1 atom stereocenters. The third-order valence-corrected chi connectivity index (χ3v) is 4.01. The van der Waals surface area contributed by atoms with Crippen LogP contribution in [-0.2, 0) is 0 Å². The summed E-state index contributed by atoms with van der Waals surface area (Å²) in [6, 6.07) is 2.62. The molecule has 1 fully saturated rings. The smallest absolute Gasteiger partial charge is 0.165 e. The number of rotatable bonds is 5. The number of nitrogens with one attached hydrogen (secondary N) is 1. The summed E-state index contributed by atoms with van der Waals surface area (Å²) in [5.74, 6) is -0.951. The topological polar surface area (TPSA) is 35.5 Å². The number of phenols is 1. The average molecular weight is 372 g/mol. The van der Waals surface area contributed by atoms with Crippen molar-refractivity contribution in [3.05, 3.63) is 41.2 Å². The van der Waals surface area contributed by atoms with Crippen molar-refractivity contribution in [1.29, 1.82) is 0 Å². The van der Waals surface area contributed by atoms with Crippen molar-refractivity contribution in [3.63, 3.8) is 0 Å². The first-order valence-electron chi connectivity index (χ1n) is 6.87. The van der Waals surface area contributed by atoms with Crippen LogP contribution in [0.4, 0.5) is 4.39 Å². The zero-order valence-electron chi connectivity index (χ0n) is 12.2. The first-order valence-corrected chi connectivity index (χ1v) is 7.25. The molecule has 22 heavy (non-hydrogen) atoms. The molecule has 126 valence electrons. The van der Waals surface area contributed by atoms with Gasteiger partial charge >= 0.3 is 0 Å². The summed E-state index contributed by atoms with van der Waals surface area (Å²) in [5, 5.41) is 13.8. The highest BCUT2D eigenvalue weighted by Gasteiger charge is 2.27. The van der Waals surface area contributed by atoms with Gasteiger partial charge in [-0.2, -0.15) is 0 Å². The lowest BCUT2D eigenvalue weighted by Gasteiger charge is -2.35. The van der Waals surface area contributed by atoms with E-state index in [2.05, 4.69) is 16.8 Å². The molecule has 0 spiro atoms. The molecule has 0 bridgehead atoms. The van der Waals surface area contributed by atoms with Gasteiger partial charge in [0.25, 0.3) is 0 Å². The van der Waals surface area contributed by atoms with Gasteiger partial charge in [-0.25, -0.2) is 4.39 Å². The minimum Gasteiger partial charge on any atom is -0.505 e. The van der Waals surface area contributed by atoms with E-state index in [9.17, 15) is 9.50 Å². The average Bonchev–Trinajstić information content (AvgIpc) is 2.47. The highest BCUT2D eigenvalue weighted by atomic mass is 35.5. The van der Waals surface area contributed by atoms with E-state index in [1.165, 1.54) is 12.1 Å². The number of allylic oxidation sites excluding steroid dienone is 1. The van der Waals surface area contributed by atoms with E-state index < -0.39 is 5.82 Å². The van der Waals surface area contributed by atoms with E-state index in [1.807, 2.05) is 6.08 Å². The molecule has 0 radical (unpaired) electrons. The molecule has 1 aliphatic rings. The lowest BCUT2D eigenvalue weighted by molar-refractivity contribution is 0.163. The fourth-order valence-electron chi connectivity index (χ4n) is 2.65. The van der Waals surface area contributed by atoms with Crippen LogP contribution >= 0.6 is 36.4 Å². The predicted molar refractivity (Wildman–Crippen MR) is 94.2 cm³/mol. The van der Waals surface area contributed by atoms with Crippen molar-refractivity contribution in [2.45, 2.75) is 18.9 Å². The molecule has 1 aromatic rings. The van der Waals surface area contributed by atoms with Crippen molar-refractivity contribution in [1.82, 2.24) is 10.2 Å². The summed E-state index contributed by atoms with van der Waals surface area (Å²) in [6.45, 7) is 7.22. The molecular weight excluding hydrogens is 350 g/mol. The summed E-state index contributed by atoms with van der Waals surface area (Å²) in [6.07, 6.45) is 3.39. The van der Waals surface area contributed by atoms with E-state index in [-0.39, 0.29) is 36.6 Å². The van der Waals surface area contributed by atoms with Crippen molar-refractivity contribution < 1.29 is 9.50 Å². The van der Waals surface area contributed by atoms with Crippen molar-refractivity contribution in [2.24, 2.45) is 0 Å². The van der Waals surface area contributed by atoms with E-state index in [4.69, 9.17) is 11.6 Å². The van der Waals surface area contributed by atoms with Gasteiger partial charge in [0.2, 0.25) is 0 Å². The van der Waals surface area contributed by atoms with E-state index in [0.717, 1.165) is 39.0 Å². The zero-order valence-corrected chi connectivity index (χ0v) is 14.6. The van der Waals surface area contributed by atoms with Crippen molar-refractivity contribution in [2.75, 3.05) is 26.2 Å². The van der Waals surface area contributed by atoms with Crippen LogP contribution in [0.25, 0.3) is 0 Å². The van der Waals surface area contributed by atoms with Gasteiger partial charge in [-0.1, -0.05) is 17.7 Å². The second-order valence-electron chi connectivity index (χ2n) is 4.96. The molecule has 0 aliphatic carbocycles. The molecule has 2 N–H and O–H groups in total. The molecule has 0 aromatic heterocycles. The van der Waals surface area contributed by atoms with Gasteiger partial charge in [0.1, 0.15) is 0 Å². The number of halogens is 4. The Balaban J connectivity index is 0.00000220. The second kappa shape index (κ2) is 10.3. The van der Waals surface area contributed by atoms with Gasteiger partial charge in [-0.3, -0.25) is 4.90 Å². The fourth-order valence-corrected chi connectivity index (χ4v) is 2.93. The first kappa shape index (κ1) is 21.5. The van der Waals surface area contributed by atoms with Crippen LogP contribution in [0.5, 0.6) is 5.75 Å². The van der Waals surface area contributed by atoms with Crippen molar-refractivity contribution in [3.8, 4) is 5.75 Å². The normalized spacial score (nSPS) is 16.3. The van der Waals surface area contributed by atoms with Crippen LogP contribution < -0.4 is 5.32 Å². The maximum Gasteiger partial charge on any atom is 0.165 e. The third kappa shape index (κ3) is 5.00. The van der Waals surface area contributed by atoms with E-state index in [1.54, 1.807) is 0 Å². The molecule has 1 aliphatic heterocycles. The van der Waals surface area contributed by atoms with Gasteiger partial charge in [-0.15, -0.1) is 31.4 Å². The number of benzene rings is 1. The summed E-state index contributed by atoms with van der Waals surface area (Å²) < 4.78 is 13.6. The molecule has 2 rings (SSSR count). The highest BCUT2D eigenvalue weighted by molar-refractivity contribution is 6.31. The van der Waals surface area contributed by atoms with Crippen LogP contribution in [0.2, 0.25) is 5.02 Å². The molecule has 0 unspecified atom stereocenters. The van der Waals surface area contributed by atoms with Crippen LogP contribution in [0.3, 0.4) is 0 Å². The number of nitrogens with zero attached hydrogens (tertiary/aromatic N) is 1. The summed E-state index contributed by atoms with van der Waals surface area (Å²) in [4.78, 5) is 2.24. The summed E-state index contributed by atoms with van der Waals surface area (Å²) in [7, 11) is 0. The molecule has 1 saturated heterocycles. The standard InChI is InChI=1S/C15H20ClFN2O.2ClH/c1-2-3-4-13(19-9-7-18-8-10-19)14-11(16)5-6-12(17)15(14)20;;/h2,5-6,13,18,20H,1,3-4,7-10H2;2*1H/t13-;;/m0../s1. The molecular formula is C15H22Cl3FN2O. The van der Waals surface area contributed by atoms with Crippen LogP contribution in [0.1, 0.15) is 24.4 Å². The van der Waals surface area contributed by atoms with Gasteiger partial charge < -0.3 is 10.4 Å². The number of hydrogen-bond donors (Lipinski definition) is 2. The lowest BCUT2D eigenvalue weighted by Crippen LogP contribution is -2.45. The Labute approximate surface area is 148 Å². The largest absolute Gasteiger partial charge is 0.505 e. The van der Waals surface area contributed by atoms with Gasteiger partial charge in [-0.05, 0) is 25.0 Å². The quantitative estimate of drug-likeness (QED) is 0.770. The number of piperazine rings is 1. The van der Waals surface area contributed by atoms with E-state index in [0.29, 0.717) is 10.6 Å². The Morgan fingerprint density at radius 1 is 1.36 bits per heavy atom. The molecule has 1 heterocycles. The van der Waals surface area contributed by atoms with E-state index >= 15 is 0 Å². The highest BCUT2D eigenvalue weighted by Crippen LogP contribution is 2.39. The van der Waals surface area contributed by atoms with Gasteiger partial charge in [0, 0.05) is 42.8 Å².